The van der Waals surface area contributed by atoms with Gasteiger partial charge in [-0.3, -0.25) is 0 Å². The first-order valence-corrected chi connectivity index (χ1v) is 7.24. The van der Waals surface area contributed by atoms with Crippen molar-refractivity contribution in [2.75, 3.05) is 0 Å². The molecule has 0 heteroatoms. The minimum Gasteiger partial charge on any atom is -0.0772 e. The molecule has 0 fully saturated rings. The summed E-state index contributed by atoms with van der Waals surface area (Å²) in [6, 6.07) is 21.7. The standard InChI is InChI=1S/C20H20/c1-15-13-14-16(2)19(15)20(17-9-5-3-6-10-17)18-11-7-4-8-12-18/h3-13,20H,14H2,1-2H3. The lowest BCUT2D eigenvalue weighted by atomic mass is 9.81. The lowest BCUT2D eigenvalue weighted by Gasteiger charge is -2.22. The average Bonchev–Trinajstić information content (AvgIpc) is 2.82. The summed E-state index contributed by atoms with van der Waals surface area (Å²) in [6.45, 7) is 4.51. The molecule has 0 radical (unpaired) electrons. The minimum atomic E-state index is 0.358. The molecule has 0 saturated heterocycles. The van der Waals surface area contributed by atoms with Gasteiger partial charge in [-0.15, -0.1) is 0 Å². The average molecular weight is 260 g/mol. The largest absolute Gasteiger partial charge is 0.0772 e. The zero-order valence-electron chi connectivity index (χ0n) is 12.1. The molecule has 1 aliphatic carbocycles. The van der Waals surface area contributed by atoms with Crippen molar-refractivity contribution in [1.29, 1.82) is 0 Å². The van der Waals surface area contributed by atoms with Crippen molar-refractivity contribution in [3.8, 4) is 0 Å². The Kier molecular flexibility index (Phi) is 3.56. The number of hydrogen-bond donors (Lipinski definition) is 0. The predicted molar refractivity (Wildman–Crippen MR) is 85.8 cm³/mol. The van der Waals surface area contributed by atoms with Crippen molar-refractivity contribution >= 4 is 0 Å². The van der Waals surface area contributed by atoms with Gasteiger partial charge in [0, 0.05) is 5.92 Å². The Morgan fingerprint density at radius 2 is 1.25 bits per heavy atom. The van der Waals surface area contributed by atoms with Crippen LogP contribution in [0.1, 0.15) is 37.3 Å². The molecule has 0 amide bonds. The topological polar surface area (TPSA) is 0 Å². The van der Waals surface area contributed by atoms with Crippen molar-refractivity contribution in [2.24, 2.45) is 0 Å². The van der Waals surface area contributed by atoms with Crippen LogP contribution in [0.15, 0.2) is 83.5 Å². The fraction of sp³-hybridized carbons (Fsp3) is 0.200. The molecule has 0 bridgehead atoms. The van der Waals surface area contributed by atoms with Crippen LogP contribution < -0.4 is 0 Å². The van der Waals surface area contributed by atoms with Crippen molar-refractivity contribution in [3.63, 3.8) is 0 Å². The van der Waals surface area contributed by atoms with Gasteiger partial charge in [0.1, 0.15) is 0 Å². The molecule has 0 spiro atoms. The number of benzene rings is 2. The SMILES string of the molecule is CC1=CCC(C)=C1C(c1ccccc1)c1ccccc1. The van der Waals surface area contributed by atoms with Gasteiger partial charge >= 0.3 is 0 Å². The highest BCUT2D eigenvalue weighted by atomic mass is 14.3. The molecule has 0 nitrogen and oxygen atoms in total. The Hall–Kier alpha value is -2.08. The molecule has 0 N–H and O–H groups in total. The second-order valence-electron chi connectivity index (χ2n) is 5.54. The molecule has 1 aliphatic rings. The molecule has 0 aromatic heterocycles. The van der Waals surface area contributed by atoms with Crippen LogP contribution in [-0.2, 0) is 0 Å². The normalized spacial score (nSPS) is 14.8. The van der Waals surface area contributed by atoms with Crippen LogP contribution in [0.25, 0.3) is 0 Å². The van der Waals surface area contributed by atoms with Gasteiger partial charge in [-0.25, -0.2) is 0 Å². The molecular formula is C20H20. The third-order valence-corrected chi connectivity index (χ3v) is 4.15. The summed E-state index contributed by atoms with van der Waals surface area (Å²) in [4.78, 5) is 0. The summed E-state index contributed by atoms with van der Waals surface area (Å²) in [5.41, 5.74) is 7.19. The van der Waals surface area contributed by atoms with E-state index in [0.29, 0.717) is 5.92 Å². The van der Waals surface area contributed by atoms with E-state index < -0.39 is 0 Å². The summed E-state index contributed by atoms with van der Waals surface area (Å²) in [7, 11) is 0. The zero-order valence-corrected chi connectivity index (χ0v) is 12.1. The van der Waals surface area contributed by atoms with Crippen molar-refractivity contribution in [1.82, 2.24) is 0 Å². The first-order valence-electron chi connectivity index (χ1n) is 7.24. The quantitative estimate of drug-likeness (QED) is 0.685. The van der Waals surface area contributed by atoms with Crippen molar-refractivity contribution in [2.45, 2.75) is 26.2 Å². The van der Waals surface area contributed by atoms with Crippen molar-refractivity contribution < 1.29 is 0 Å². The third-order valence-electron chi connectivity index (χ3n) is 4.15. The Bertz CT molecular complexity index is 605. The fourth-order valence-electron chi connectivity index (χ4n) is 3.15. The molecule has 100 valence electrons. The molecule has 0 saturated carbocycles. The first-order chi connectivity index (χ1) is 9.77. The van der Waals surface area contributed by atoms with E-state index in [1.165, 1.54) is 27.8 Å². The molecule has 2 aromatic carbocycles. The van der Waals surface area contributed by atoms with Crippen LogP contribution in [-0.4, -0.2) is 0 Å². The molecule has 3 rings (SSSR count). The Morgan fingerprint density at radius 1 is 0.750 bits per heavy atom. The van der Waals surface area contributed by atoms with E-state index >= 15 is 0 Å². The summed E-state index contributed by atoms with van der Waals surface area (Å²) in [5.74, 6) is 0.358. The maximum absolute atomic E-state index is 2.35. The molecule has 0 aliphatic heterocycles. The fourth-order valence-corrected chi connectivity index (χ4v) is 3.15. The van der Waals surface area contributed by atoms with Crippen LogP contribution in [0.3, 0.4) is 0 Å². The van der Waals surface area contributed by atoms with E-state index in [2.05, 4.69) is 80.6 Å². The van der Waals surface area contributed by atoms with E-state index in [9.17, 15) is 0 Å². The Labute approximate surface area is 121 Å². The molecular weight excluding hydrogens is 240 g/mol. The van der Waals surface area contributed by atoms with E-state index in [-0.39, 0.29) is 0 Å². The van der Waals surface area contributed by atoms with Gasteiger partial charge in [0.2, 0.25) is 0 Å². The van der Waals surface area contributed by atoms with Crippen LogP contribution in [0.4, 0.5) is 0 Å². The Morgan fingerprint density at radius 3 is 1.65 bits per heavy atom. The Balaban J connectivity index is 2.15. The van der Waals surface area contributed by atoms with Gasteiger partial charge < -0.3 is 0 Å². The predicted octanol–water partition coefficient (Wildman–Crippen LogP) is 5.49. The summed E-state index contributed by atoms with van der Waals surface area (Å²) in [5, 5.41) is 0. The van der Waals surface area contributed by atoms with Gasteiger partial charge in [-0.05, 0) is 37.0 Å². The maximum Gasteiger partial charge on any atom is 0.0342 e. The molecule has 20 heavy (non-hydrogen) atoms. The summed E-state index contributed by atoms with van der Waals surface area (Å²) in [6.07, 6.45) is 3.45. The highest BCUT2D eigenvalue weighted by Crippen LogP contribution is 2.41. The van der Waals surface area contributed by atoms with E-state index in [4.69, 9.17) is 0 Å². The van der Waals surface area contributed by atoms with E-state index in [1.54, 1.807) is 0 Å². The van der Waals surface area contributed by atoms with Gasteiger partial charge in [0.15, 0.2) is 0 Å². The van der Waals surface area contributed by atoms with Crippen molar-refractivity contribution in [3.05, 3.63) is 94.6 Å². The van der Waals surface area contributed by atoms with Crippen LogP contribution in [0.2, 0.25) is 0 Å². The maximum atomic E-state index is 2.35. The second kappa shape index (κ2) is 5.50. The van der Waals surface area contributed by atoms with Crippen LogP contribution >= 0.6 is 0 Å². The number of hydrogen-bond acceptors (Lipinski definition) is 0. The highest BCUT2D eigenvalue weighted by Gasteiger charge is 2.24. The molecule has 0 heterocycles. The lowest BCUT2D eigenvalue weighted by molar-refractivity contribution is 0.941. The molecule has 0 unspecified atom stereocenters. The second-order valence-corrected chi connectivity index (χ2v) is 5.54. The van der Waals surface area contributed by atoms with E-state index in [1.807, 2.05) is 0 Å². The number of allylic oxidation sites excluding steroid dienone is 4. The first kappa shape index (κ1) is 12.9. The van der Waals surface area contributed by atoms with E-state index in [0.717, 1.165) is 6.42 Å². The monoisotopic (exact) mass is 260 g/mol. The van der Waals surface area contributed by atoms with Gasteiger partial charge in [-0.2, -0.15) is 0 Å². The third kappa shape index (κ3) is 2.34. The van der Waals surface area contributed by atoms with Gasteiger partial charge in [-0.1, -0.05) is 77.9 Å². The zero-order chi connectivity index (χ0) is 13.9. The van der Waals surface area contributed by atoms with Gasteiger partial charge in [0.25, 0.3) is 0 Å². The molecule has 2 aromatic rings. The van der Waals surface area contributed by atoms with Crippen LogP contribution in [0, 0.1) is 0 Å². The van der Waals surface area contributed by atoms with Gasteiger partial charge in [0.05, 0.1) is 0 Å². The molecule has 0 atom stereocenters. The smallest absolute Gasteiger partial charge is 0.0342 e. The number of rotatable bonds is 3. The summed E-state index contributed by atoms with van der Waals surface area (Å²) < 4.78 is 0. The summed E-state index contributed by atoms with van der Waals surface area (Å²) >= 11 is 0. The minimum absolute atomic E-state index is 0.358. The van der Waals surface area contributed by atoms with Crippen LogP contribution in [0.5, 0.6) is 0 Å². The highest BCUT2D eigenvalue weighted by molar-refractivity contribution is 5.53. The lowest BCUT2D eigenvalue weighted by Crippen LogP contribution is -2.06.